The summed E-state index contributed by atoms with van der Waals surface area (Å²) in [7, 11) is 0. The number of carbonyl (C=O) groups excluding carboxylic acids is 2. The SMILES string of the molecule is NC1=CC(=O)C(Oc2ccccc2)=C(N)C1=O. The summed E-state index contributed by atoms with van der Waals surface area (Å²) in [5.41, 5.74) is 10.4. The Balaban J connectivity index is 2.33. The van der Waals surface area contributed by atoms with E-state index in [0.29, 0.717) is 5.75 Å². The largest absolute Gasteiger partial charge is 0.451 e. The Labute approximate surface area is 97.4 Å². The number of hydrogen-bond acceptors (Lipinski definition) is 5. The zero-order valence-electron chi connectivity index (χ0n) is 8.84. The predicted octanol–water partition coefficient (Wildman–Crippen LogP) is 0.230. The molecule has 0 amide bonds. The number of ether oxygens (including phenoxy) is 1. The standard InChI is InChI=1S/C12H10N2O3/c13-8-6-9(15)12(10(14)11(8)16)17-7-4-2-1-3-5-7/h1-6H,13-14H2. The van der Waals surface area contributed by atoms with E-state index >= 15 is 0 Å². The van der Waals surface area contributed by atoms with Crippen molar-refractivity contribution in [2.75, 3.05) is 0 Å². The molecule has 0 heterocycles. The normalized spacial score (nSPS) is 15.9. The summed E-state index contributed by atoms with van der Waals surface area (Å²) >= 11 is 0. The van der Waals surface area contributed by atoms with Gasteiger partial charge in [-0.15, -0.1) is 0 Å². The van der Waals surface area contributed by atoms with Gasteiger partial charge in [0.1, 0.15) is 11.4 Å². The smallest absolute Gasteiger partial charge is 0.228 e. The van der Waals surface area contributed by atoms with Crippen molar-refractivity contribution in [3.8, 4) is 5.75 Å². The number of ketones is 2. The van der Waals surface area contributed by atoms with E-state index in [1.54, 1.807) is 30.3 Å². The zero-order valence-corrected chi connectivity index (χ0v) is 8.84. The van der Waals surface area contributed by atoms with Gasteiger partial charge in [-0.05, 0) is 12.1 Å². The minimum Gasteiger partial charge on any atom is -0.451 e. The van der Waals surface area contributed by atoms with Gasteiger partial charge in [0.2, 0.25) is 17.3 Å². The molecule has 1 aromatic carbocycles. The number of Topliss-reactive ketones (excluding diaryl/α,β-unsaturated/α-hetero) is 1. The first-order valence-corrected chi connectivity index (χ1v) is 4.88. The molecule has 0 spiro atoms. The fraction of sp³-hybridized carbons (Fsp3) is 0. The van der Waals surface area contributed by atoms with Gasteiger partial charge in [-0.1, -0.05) is 18.2 Å². The van der Waals surface area contributed by atoms with Crippen molar-refractivity contribution in [1.29, 1.82) is 0 Å². The monoisotopic (exact) mass is 230 g/mol. The van der Waals surface area contributed by atoms with Crippen LogP contribution in [-0.4, -0.2) is 11.6 Å². The second kappa shape index (κ2) is 4.13. The second-order valence-electron chi connectivity index (χ2n) is 3.45. The van der Waals surface area contributed by atoms with E-state index in [0.717, 1.165) is 6.08 Å². The molecule has 4 N–H and O–H groups in total. The lowest BCUT2D eigenvalue weighted by Gasteiger charge is -2.14. The molecule has 1 aliphatic carbocycles. The predicted molar refractivity (Wildman–Crippen MR) is 60.6 cm³/mol. The second-order valence-corrected chi connectivity index (χ2v) is 3.45. The third-order valence-electron chi connectivity index (χ3n) is 2.22. The Bertz CT molecular complexity index is 544. The first-order valence-electron chi connectivity index (χ1n) is 4.88. The topological polar surface area (TPSA) is 95.4 Å². The van der Waals surface area contributed by atoms with Crippen molar-refractivity contribution >= 4 is 11.6 Å². The van der Waals surface area contributed by atoms with Crippen molar-refractivity contribution in [2.24, 2.45) is 11.5 Å². The molecule has 0 fully saturated rings. The van der Waals surface area contributed by atoms with Crippen molar-refractivity contribution in [1.82, 2.24) is 0 Å². The Kier molecular flexibility index (Phi) is 2.66. The maximum atomic E-state index is 11.6. The van der Waals surface area contributed by atoms with Crippen LogP contribution in [0.2, 0.25) is 0 Å². The molecular formula is C12H10N2O3. The first kappa shape index (κ1) is 10.9. The Morgan fingerprint density at radius 1 is 1.00 bits per heavy atom. The summed E-state index contributed by atoms with van der Waals surface area (Å²) in [6.45, 7) is 0. The summed E-state index contributed by atoms with van der Waals surface area (Å²) < 4.78 is 5.28. The molecule has 0 unspecified atom stereocenters. The minimum atomic E-state index is -0.587. The summed E-state index contributed by atoms with van der Waals surface area (Å²) in [6.07, 6.45) is 1.01. The van der Waals surface area contributed by atoms with Crippen LogP contribution in [0, 0.1) is 0 Å². The number of benzene rings is 1. The highest BCUT2D eigenvalue weighted by Gasteiger charge is 2.27. The molecule has 5 heteroatoms. The fourth-order valence-electron chi connectivity index (χ4n) is 1.38. The molecule has 0 atom stereocenters. The molecule has 17 heavy (non-hydrogen) atoms. The van der Waals surface area contributed by atoms with Crippen LogP contribution in [0.3, 0.4) is 0 Å². The van der Waals surface area contributed by atoms with Crippen molar-refractivity contribution in [3.63, 3.8) is 0 Å². The van der Waals surface area contributed by atoms with Crippen molar-refractivity contribution < 1.29 is 14.3 Å². The average molecular weight is 230 g/mol. The zero-order chi connectivity index (χ0) is 12.4. The van der Waals surface area contributed by atoms with Gasteiger partial charge in [0.05, 0.1) is 5.70 Å². The van der Waals surface area contributed by atoms with Crippen LogP contribution in [0.1, 0.15) is 0 Å². The first-order chi connectivity index (χ1) is 8.09. The Morgan fingerprint density at radius 3 is 2.29 bits per heavy atom. The summed E-state index contributed by atoms with van der Waals surface area (Å²) in [5, 5.41) is 0. The summed E-state index contributed by atoms with van der Waals surface area (Å²) in [5.74, 6) is -0.852. The number of rotatable bonds is 2. The maximum Gasteiger partial charge on any atom is 0.228 e. The van der Waals surface area contributed by atoms with E-state index in [2.05, 4.69) is 0 Å². The Hall–Kier alpha value is -2.56. The van der Waals surface area contributed by atoms with Gasteiger partial charge in [0.25, 0.3) is 0 Å². The van der Waals surface area contributed by atoms with Gasteiger partial charge in [-0.3, -0.25) is 9.59 Å². The van der Waals surface area contributed by atoms with Gasteiger partial charge in [0, 0.05) is 6.08 Å². The highest BCUT2D eigenvalue weighted by Crippen LogP contribution is 2.18. The van der Waals surface area contributed by atoms with Crippen LogP contribution in [0.5, 0.6) is 5.75 Å². The van der Waals surface area contributed by atoms with Gasteiger partial charge in [0.15, 0.2) is 0 Å². The molecule has 5 nitrogen and oxygen atoms in total. The van der Waals surface area contributed by atoms with E-state index in [1.807, 2.05) is 0 Å². The summed E-state index contributed by atoms with van der Waals surface area (Å²) in [4.78, 5) is 23.1. The van der Waals surface area contributed by atoms with Crippen LogP contribution >= 0.6 is 0 Å². The van der Waals surface area contributed by atoms with Crippen LogP contribution in [-0.2, 0) is 9.59 Å². The highest BCUT2D eigenvalue weighted by molar-refractivity contribution is 6.21. The van der Waals surface area contributed by atoms with E-state index < -0.39 is 11.6 Å². The van der Waals surface area contributed by atoms with Crippen molar-refractivity contribution in [3.05, 3.63) is 53.6 Å². The van der Waals surface area contributed by atoms with Crippen LogP contribution in [0.15, 0.2) is 53.6 Å². The number of carbonyl (C=O) groups is 2. The molecule has 0 saturated heterocycles. The molecule has 0 radical (unpaired) electrons. The number of allylic oxidation sites excluding steroid dienone is 1. The van der Waals surface area contributed by atoms with Crippen LogP contribution < -0.4 is 16.2 Å². The van der Waals surface area contributed by atoms with E-state index in [9.17, 15) is 9.59 Å². The number of para-hydroxylation sites is 1. The van der Waals surface area contributed by atoms with Gasteiger partial charge >= 0.3 is 0 Å². The van der Waals surface area contributed by atoms with Crippen LogP contribution in [0.25, 0.3) is 0 Å². The molecule has 0 saturated carbocycles. The van der Waals surface area contributed by atoms with E-state index in [4.69, 9.17) is 16.2 Å². The maximum absolute atomic E-state index is 11.6. The third kappa shape index (κ3) is 2.03. The lowest BCUT2D eigenvalue weighted by atomic mass is 10.1. The molecule has 0 bridgehead atoms. The average Bonchev–Trinajstić information content (AvgIpc) is 2.33. The Morgan fingerprint density at radius 2 is 1.65 bits per heavy atom. The molecule has 1 aliphatic rings. The highest BCUT2D eigenvalue weighted by atomic mass is 16.5. The molecule has 0 aromatic heterocycles. The molecule has 0 aliphatic heterocycles. The number of hydrogen-bond donors (Lipinski definition) is 2. The molecular weight excluding hydrogens is 220 g/mol. The quantitative estimate of drug-likeness (QED) is 0.709. The van der Waals surface area contributed by atoms with Crippen LogP contribution in [0.4, 0.5) is 0 Å². The molecule has 1 aromatic rings. The van der Waals surface area contributed by atoms with Gasteiger partial charge < -0.3 is 16.2 Å². The third-order valence-corrected chi connectivity index (χ3v) is 2.22. The minimum absolute atomic E-state index is 0.173. The molecule has 2 rings (SSSR count). The lowest BCUT2D eigenvalue weighted by Crippen LogP contribution is -2.30. The van der Waals surface area contributed by atoms with Gasteiger partial charge in [-0.25, -0.2) is 0 Å². The number of nitrogens with two attached hydrogens (primary N) is 2. The molecule has 86 valence electrons. The van der Waals surface area contributed by atoms with Crippen molar-refractivity contribution in [2.45, 2.75) is 0 Å². The van der Waals surface area contributed by atoms with Gasteiger partial charge in [-0.2, -0.15) is 0 Å². The fourth-order valence-corrected chi connectivity index (χ4v) is 1.38. The summed E-state index contributed by atoms with van der Waals surface area (Å²) in [6, 6.07) is 8.59. The van der Waals surface area contributed by atoms with E-state index in [-0.39, 0.29) is 17.2 Å². The van der Waals surface area contributed by atoms with E-state index in [1.165, 1.54) is 0 Å². The lowest BCUT2D eigenvalue weighted by molar-refractivity contribution is -0.117.